The van der Waals surface area contributed by atoms with Crippen LogP contribution >= 0.6 is 0 Å². The van der Waals surface area contributed by atoms with Crippen molar-refractivity contribution in [3.8, 4) is 0 Å². The Hall–Kier alpha value is -2.87. The summed E-state index contributed by atoms with van der Waals surface area (Å²) in [5.41, 5.74) is 9.55. The molecule has 0 saturated carbocycles. The zero-order valence-electron chi connectivity index (χ0n) is 15.7. The smallest absolute Gasteiger partial charge is 0.303 e. The summed E-state index contributed by atoms with van der Waals surface area (Å²) in [4.78, 5) is 36.6. The number of carboxylic acid groups (broad SMARTS) is 2. The number of carbonyl (C=O) groups is 3. The number of likely N-dealkylation sites (tertiary alicyclic amines) is 1. The number of H-pyrrole nitrogens is 1. The fraction of sp³-hybridized carbons (Fsp3) is 0.450. The van der Waals surface area contributed by atoms with Crippen LogP contribution < -0.4 is 5.73 Å². The molecule has 1 amide bonds. The second-order valence-corrected chi connectivity index (χ2v) is 7.52. The molecule has 4 rings (SSSR count). The van der Waals surface area contributed by atoms with Crippen molar-refractivity contribution >= 4 is 28.7 Å². The molecule has 1 saturated heterocycles. The van der Waals surface area contributed by atoms with Gasteiger partial charge in [-0.2, -0.15) is 0 Å². The Morgan fingerprint density at radius 2 is 1.89 bits per heavy atom. The second-order valence-electron chi connectivity index (χ2n) is 7.52. The van der Waals surface area contributed by atoms with Gasteiger partial charge in [0.15, 0.2) is 0 Å². The van der Waals surface area contributed by atoms with E-state index in [9.17, 15) is 14.4 Å². The van der Waals surface area contributed by atoms with E-state index in [1.165, 1.54) is 22.0 Å². The summed E-state index contributed by atoms with van der Waals surface area (Å²) in [5.74, 6) is -1.93. The zero-order valence-corrected chi connectivity index (χ0v) is 15.7. The number of piperidine rings is 1. The van der Waals surface area contributed by atoms with Gasteiger partial charge in [-0.15, -0.1) is 0 Å². The number of primary amides is 1. The quantitative estimate of drug-likeness (QED) is 0.628. The number of aliphatic carboxylic acids is 2. The highest BCUT2D eigenvalue weighted by Crippen LogP contribution is 2.44. The summed E-state index contributed by atoms with van der Waals surface area (Å²) in [6, 6.07) is 6.93. The molecule has 8 heteroatoms. The average Bonchev–Trinajstić information content (AvgIpc) is 3.06. The van der Waals surface area contributed by atoms with Gasteiger partial charge in [0.1, 0.15) is 0 Å². The Bertz CT molecular complexity index is 892. The highest BCUT2D eigenvalue weighted by atomic mass is 16.4. The first-order valence-electron chi connectivity index (χ1n) is 9.30. The molecule has 3 atom stereocenters. The number of likely N-dealkylation sites (N-methyl/N-ethyl adjacent to an activating group) is 1. The Morgan fingerprint density at radius 3 is 2.50 bits per heavy atom. The average molecular weight is 387 g/mol. The summed E-state index contributed by atoms with van der Waals surface area (Å²) in [6.07, 6.45) is 3.49. The van der Waals surface area contributed by atoms with Crippen molar-refractivity contribution in [2.75, 3.05) is 13.6 Å². The number of rotatable bonds is 4. The number of fused-ring (bicyclic) bond motifs is 2. The largest absolute Gasteiger partial charge is 0.481 e. The van der Waals surface area contributed by atoms with Crippen LogP contribution in [-0.4, -0.2) is 57.6 Å². The lowest BCUT2D eigenvalue weighted by Crippen LogP contribution is -2.50. The number of hydrogen-bond donors (Lipinski definition) is 4. The van der Waals surface area contributed by atoms with Crippen molar-refractivity contribution in [2.45, 2.75) is 37.6 Å². The number of carbonyl (C=O) groups excluding carboxylic acids is 1. The van der Waals surface area contributed by atoms with Gasteiger partial charge in [0.05, 0.1) is 18.8 Å². The number of nitrogens with one attached hydrogen (secondary N) is 1. The van der Waals surface area contributed by atoms with Crippen molar-refractivity contribution in [2.24, 2.45) is 11.7 Å². The molecule has 1 aliphatic heterocycles. The lowest BCUT2D eigenvalue weighted by Gasteiger charge is -2.44. The van der Waals surface area contributed by atoms with Crippen LogP contribution in [0.2, 0.25) is 0 Å². The molecule has 1 aromatic heterocycles. The number of amides is 1. The third-order valence-electron chi connectivity index (χ3n) is 5.68. The summed E-state index contributed by atoms with van der Waals surface area (Å²) in [6.45, 7) is 0.784. The summed E-state index contributed by atoms with van der Waals surface area (Å²) < 4.78 is 0. The maximum atomic E-state index is 11.6. The molecule has 8 nitrogen and oxygen atoms in total. The van der Waals surface area contributed by atoms with E-state index in [1.54, 1.807) is 0 Å². The Labute approximate surface area is 162 Å². The molecule has 2 heterocycles. The van der Waals surface area contributed by atoms with E-state index in [-0.39, 0.29) is 24.7 Å². The molecule has 2 unspecified atom stereocenters. The zero-order chi connectivity index (χ0) is 20.4. The third kappa shape index (κ3) is 4.01. The van der Waals surface area contributed by atoms with Gasteiger partial charge in [0.2, 0.25) is 5.91 Å². The SMILES string of the molecule is CN1CC(C(N)=O)CC2c3cccc4[nH]cc(c34)C[C@H]21.O=C(O)CCC(=O)O. The van der Waals surface area contributed by atoms with E-state index in [0.29, 0.717) is 12.0 Å². The predicted octanol–water partition coefficient (Wildman–Crippen LogP) is 1.55. The molecule has 150 valence electrons. The minimum atomic E-state index is -1.08. The number of nitrogens with zero attached hydrogens (tertiary/aromatic N) is 1. The lowest BCUT2D eigenvalue weighted by atomic mass is 9.72. The first-order chi connectivity index (χ1) is 13.3. The number of carboxylic acids is 2. The molecule has 28 heavy (non-hydrogen) atoms. The van der Waals surface area contributed by atoms with Crippen LogP contribution in [0, 0.1) is 5.92 Å². The maximum absolute atomic E-state index is 11.6. The van der Waals surface area contributed by atoms with E-state index in [1.807, 2.05) is 0 Å². The minimum absolute atomic E-state index is 0.0306. The highest BCUT2D eigenvalue weighted by molar-refractivity contribution is 5.88. The second kappa shape index (κ2) is 8.02. The van der Waals surface area contributed by atoms with Gasteiger partial charge in [-0.1, -0.05) is 12.1 Å². The van der Waals surface area contributed by atoms with Gasteiger partial charge in [-0.25, -0.2) is 0 Å². The number of aromatic nitrogens is 1. The fourth-order valence-corrected chi connectivity index (χ4v) is 4.36. The van der Waals surface area contributed by atoms with Gasteiger partial charge in [-0.05, 0) is 37.1 Å². The summed E-state index contributed by atoms with van der Waals surface area (Å²) in [5, 5.41) is 17.2. The lowest BCUT2D eigenvalue weighted by molar-refractivity contribution is -0.143. The van der Waals surface area contributed by atoms with E-state index in [2.05, 4.69) is 41.3 Å². The Kier molecular flexibility index (Phi) is 5.69. The van der Waals surface area contributed by atoms with Crippen LogP contribution in [0.25, 0.3) is 10.9 Å². The standard InChI is InChI=1S/C16H19N3O.C4H6O4/c1-19-8-10(16(17)20)5-12-11-3-2-4-13-15(11)9(7-18-13)6-14(12)19;5-3(6)1-2-4(7)8/h2-4,7,10,12,14,18H,5-6,8H2,1H3,(H2,17,20);1-2H2,(H,5,6)(H,7,8)/t10?,12?,14-;/m1./s1. The van der Waals surface area contributed by atoms with Crippen LogP contribution in [0.1, 0.15) is 36.3 Å². The van der Waals surface area contributed by atoms with Gasteiger partial charge >= 0.3 is 11.9 Å². The Balaban J connectivity index is 0.000000242. The molecule has 1 aromatic carbocycles. The molecule has 2 aliphatic rings. The molecule has 0 radical (unpaired) electrons. The van der Waals surface area contributed by atoms with Crippen molar-refractivity contribution in [1.82, 2.24) is 9.88 Å². The van der Waals surface area contributed by atoms with Gasteiger partial charge < -0.3 is 25.8 Å². The number of hydrogen-bond acceptors (Lipinski definition) is 4. The molecule has 0 spiro atoms. The van der Waals surface area contributed by atoms with E-state index in [4.69, 9.17) is 15.9 Å². The van der Waals surface area contributed by atoms with Crippen LogP contribution in [0.4, 0.5) is 0 Å². The van der Waals surface area contributed by atoms with E-state index in [0.717, 1.165) is 19.4 Å². The summed E-state index contributed by atoms with van der Waals surface area (Å²) >= 11 is 0. The number of aromatic amines is 1. The van der Waals surface area contributed by atoms with Crippen LogP contribution in [0.15, 0.2) is 24.4 Å². The molecular weight excluding hydrogens is 362 g/mol. The molecule has 1 fully saturated rings. The topological polar surface area (TPSA) is 137 Å². The monoisotopic (exact) mass is 387 g/mol. The maximum Gasteiger partial charge on any atom is 0.303 e. The molecule has 5 N–H and O–H groups in total. The Morgan fingerprint density at radius 1 is 1.21 bits per heavy atom. The number of nitrogens with two attached hydrogens (primary N) is 1. The van der Waals surface area contributed by atoms with Gasteiger partial charge in [-0.3, -0.25) is 14.4 Å². The normalized spacial score (nSPS) is 23.4. The van der Waals surface area contributed by atoms with Crippen LogP contribution in [0.3, 0.4) is 0 Å². The molecule has 2 aromatic rings. The first-order valence-corrected chi connectivity index (χ1v) is 9.30. The van der Waals surface area contributed by atoms with Gasteiger partial charge in [0, 0.05) is 35.6 Å². The minimum Gasteiger partial charge on any atom is -0.481 e. The molecular formula is C20H25N3O5. The fourth-order valence-electron chi connectivity index (χ4n) is 4.36. The highest BCUT2D eigenvalue weighted by Gasteiger charge is 2.40. The van der Waals surface area contributed by atoms with E-state index < -0.39 is 11.9 Å². The van der Waals surface area contributed by atoms with Crippen molar-refractivity contribution in [3.05, 3.63) is 35.5 Å². The number of benzene rings is 1. The predicted molar refractivity (Wildman–Crippen MR) is 103 cm³/mol. The van der Waals surface area contributed by atoms with Crippen molar-refractivity contribution < 1.29 is 24.6 Å². The molecule has 1 aliphatic carbocycles. The first kappa shape index (κ1) is 19.9. The van der Waals surface area contributed by atoms with Gasteiger partial charge in [0.25, 0.3) is 0 Å². The van der Waals surface area contributed by atoms with Crippen LogP contribution in [-0.2, 0) is 20.8 Å². The van der Waals surface area contributed by atoms with Crippen LogP contribution in [0.5, 0.6) is 0 Å². The van der Waals surface area contributed by atoms with Crippen molar-refractivity contribution in [1.29, 1.82) is 0 Å². The molecule has 0 bridgehead atoms. The summed E-state index contributed by atoms with van der Waals surface area (Å²) in [7, 11) is 2.12. The van der Waals surface area contributed by atoms with E-state index >= 15 is 0 Å². The third-order valence-corrected chi connectivity index (χ3v) is 5.68. The van der Waals surface area contributed by atoms with Crippen molar-refractivity contribution in [3.63, 3.8) is 0 Å².